The summed E-state index contributed by atoms with van der Waals surface area (Å²) < 4.78 is 19.7. The monoisotopic (exact) mass is 266 g/mol. The third-order valence-corrected chi connectivity index (χ3v) is 5.55. The van der Waals surface area contributed by atoms with Gasteiger partial charge in [0.15, 0.2) is 6.29 Å². The van der Waals surface area contributed by atoms with Crippen LogP contribution in [0.15, 0.2) is 12.3 Å². The molecule has 2 rings (SSSR count). The Morgan fingerprint density at radius 1 is 1.61 bits per heavy atom. The predicted molar refractivity (Wildman–Crippen MR) is 68.8 cm³/mol. The SMILES string of the molecule is N#Cc1cnc(C=O)c(CC2CCCS2(O)O)c1. The second-order valence-electron chi connectivity index (χ2n) is 4.39. The van der Waals surface area contributed by atoms with Gasteiger partial charge in [0.25, 0.3) is 0 Å². The van der Waals surface area contributed by atoms with Crippen molar-refractivity contribution in [3.63, 3.8) is 0 Å². The van der Waals surface area contributed by atoms with Gasteiger partial charge in [0, 0.05) is 11.9 Å². The molecule has 0 aromatic carbocycles. The number of nitrogens with zero attached hydrogens (tertiary/aromatic N) is 2. The maximum Gasteiger partial charge on any atom is 0.168 e. The highest BCUT2D eigenvalue weighted by atomic mass is 32.3. The number of rotatable bonds is 3. The molecule has 6 heteroatoms. The van der Waals surface area contributed by atoms with Gasteiger partial charge < -0.3 is 0 Å². The van der Waals surface area contributed by atoms with Crippen LogP contribution in [0, 0.1) is 11.3 Å². The second-order valence-corrected chi connectivity index (χ2v) is 6.90. The van der Waals surface area contributed by atoms with Crippen molar-refractivity contribution in [3.05, 3.63) is 29.1 Å². The van der Waals surface area contributed by atoms with Crippen LogP contribution < -0.4 is 0 Å². The van der Waals surface area contributed by atoms with E-state index in [0.29, 0.717) is 29.6 Å². The second kappa shape index (κ2) is 5.06. The summed E-state index contributed by atoms with van der Waals surface area (Å²) in [7, 11) is -2.56. The lowest BCUT2D eigenvalue weighted by molar-refractivity contribution is 0.111. The summed E-state index contributed by atoms with van der Waals surface area (Å²) in [6, 6.07) is 3.57. The number of aldehydes is 1. The molecule has 2 N–H and O–H groups in total. The van der Waals surface area contributed by atoms with Gasteiger partial charge in [0.05, 0.1) is 10.8 Å². The third-order valence-electron chi connectivity index (χ3n) is 3.19. The van der Waals surface area contributed by atoms with E-state index < -0.39 is 10.6 Å². The van der Waals surface area contributed by atoms with E-state index in [1.807, 2.05) is 6.07 Å². The van der Waals surface area contributed by atoms with Crippen LogP contribution in [0.1, 0.15) is 34.5 Å². The largest absolute Gasteiger partial charge is 0.299 e. The number of nitriles is 1. The molecule has 96 valence electrons. The van der Waals surface area contributed by atoms with Crippen molar-refractivity contribution in [2.24, 2.45) is 0 Å². The molecule has 1 aliphatic rings. The fourth-order valence-corrected chi connectivity index (χ4v) is 4.13. The molecule has 1 unspecified atom stereocenters. The molecule has 0 amide bonds. The van der Waals surface area contributed by atoms with Crippen molar-refractivity contribution >= 4 is 16.9 Å². The van der Waals surface area contributed by atoms with Crippen LogP contribution in [0.25, 0.3) is 0 Å². The van der Waals surface area contributed by atoms with Crippen molar-refractivity contribution in [1.29, 1.82) is 5.26 Å². The molecule has 0 spiro atoms. The van der Waals surface area contributed by atoms with Gasteiger partial charge in [-0.15, -0.1) is 0 Å². The third kappa shape index (κ3) is 2.53. The lowest BCUT2D eigenvalue weighted by atomic mass is 10.0. The van der Waals surface area contributed by atoms with E-state index in [1.54, 1.807) is 6.07 Å². The number of hydrogen-bond acceptors (Lipinski definition) is 5. The summed E-state index contributed by atoms with van der Waals surface area (Å²) in [4.78, 5) is 14.8. The maximum absolute atomic E-state index is 10.9. The summed E-state index contributed by atoms with van der Waals surface area (Å²) in [5, 5.41) is 8.59. The molecule has 0 aliphatic carbocycles. The van der Waals surface area contributed by atoms with Gasteiger partial charge in [0.1, 0.15) is 11.8 Å². The molecular weight excluding hydrogens is 252 g/mol. The average molecular weight is 266 g/mol. The smallest absolute Gasteiger partial charge is 0.168 e. The van der Waals surface area contributed by atoms with Crippen molar-refractivity contribution < 1.29 is 13.9 Å². The number of aromatic nitrogens is 1. The highest BCUT2D eigenvalue weighted by Crippen LogP contribution is 2.53. The Balaban J connectivity index is 2.28. The van der Waals surface area contributed by atoms with Crippen LogP contribution in [-0.2, 0) is 6.42 Å². The van der Waals surface area contributed by atoms with Crippen molar-refractivity contribution in [3.8, 4) is 6.07 Å². The Morgan fingerprint density at radius 3 is 2.94 bits per heavy atom. The lowest BCUT2D eigenvalue weighted by Gasteiger charge is -2.34. The van der Waals surface area contributed by atoms with Gasteiger partial charge in [-0.1, -0.05) is 0 Å². The Kier molecular flexibility index (Phi) is 3.66. The number of pyridine rings is 1. The van der Waals surface area contributed by atoms with Crippen molar-refractivity contribution in [1.82, 2.24) is 4.98 Å². The minimum atomic E-state index is -2.56. The number of hydrogen-bond donors (Lipinski definition) is 2. The Bertz CT molecular complexity index is 511. The number of carbonyl (C=O) groups is 1. The van der Waals surface area contributed by atoms with E-state index in [9.17, 15) is 13.9 Å². The first-order valence-electron chi connectivity index (χ1n) is 5.66. The topological polar surface area (TPSA) is 94.2 Å². The fraction of sp³-hybridized carbons (Fsp3) is 0.417. The molecule has 0 radical (unpaired) electrons. The van der Waals surface area contributed by atoms with E-state index >= 15 is 0 Å². The molecule has 2 heterocycles. The minimum absolute atomic E-state index is 0.230. The highest BCUT2D eigenvalue weighted by molar-refractivity contribution is 8.25. The van der Waals surface area contributed by atoms with Crippen LogP contribution in [0.2, 0.25) is 0 Å². The van der Waals surface area contributed by atoms with Gasteiger partial charge in [-0.2, -0.15) is 15.9 Å². The molecule has 1 aromatic heterocycles. The molecule has 5 nitrogen and oxygen atoms in total. The first-order valence-corrected chi connectivity index (χ1v) is 7.43. The molecule has 1 aliphatic heterocycles. The fourth-order valence-electron chi connectivity index (χ4n) is 2.21. The molecule has 1 aromatic rings. The molecule has 1 saturated heterocycles. The van der Waals surface area contributed by atoms with Gasteiger partial charge in [-0.3, -0.25) is 18.9 Å². The molecule has 0 bridgehead atoms. The van der Waals surface area contributed by atoms with Crippen LogP contribution in [0.4, 0.5) is 0 Å². The zero-order valence-electron chi connectivity index (χ0n) is 9.74. The van der Waals surface area contributed by atoms with E-state index in [2.05, 4.69) is 4.98 Å². The zero-order valence-corrected chi connectivity index (χ0v) is 10.6. The maximum atomic E-state index is 10.9. The van der Waals surface area contributed by atoms with Crippen LogP contribution >= 0.6 is 10.6 Å². The summed E-state index contributed by atoms with van der Waals surface area (Å²) >= 11 is 0. The van der Waals surface area contributed by atoms with Gasteiger partial charge in [-0.05, 0) is 30.9 Å². The standard InChI is InChI=1S/C12H14N2O3S/c13-6-9-4-10(12(8-15)14-7-9)5-11-2-1-3-18(11,16)17/h4,7-8,11,16-17H,1-3,5H2. The number of carbonyl (C=O) groups excluding carboxylic acids is 1. The predicted octanol–water partition coefficient (Wildman–Crippen LogP) is 2.22. The molecule has 1 fully saturated rings. The van der Waals surface area contributed by atoms with Crippen LogP contribution in [0.5, 0.6) is 0 Å². The van der Waals surface area contributed by atoms with Gasteiger partial charge in [0.2, 0.25) is 0 Å². The Morgan fingerprint density at radius 2 is 2.39 bits per heavy atom. The van der Waals surface area contributed by atoms with Crippen LogP contribution in [0.3, 0.4) is 0 Å². The van der Waals surface area contributed by atoms with Crippen molar-refractivity contribution in [2.75, 3.05) is 5.75 Å². The average Bonchev–Trinajstić information content (AvgIpc) is 2.68. The first-order chi connectivity index (χ1) is 8.56. The minimum Gasteiger partial charge on any atom is -0.299 e. The lowest BCUT2D eigenvalue weighted by Crippen LogP contribution is -2.17. The van der Waals surface area contributed by atoms with Gasteiger partial charge in [-0.25, -0.2) is 0 Å². The quantitative estimate of drug-likeness (QED) is 0.818. The molecular formula is C12H14N2O3S. The summed E-state index contributed by atoms with van der Waals surface area (Å²) in [5.41, 5.74) is 1.28. The summed E-state index contributed by atoms with van der Waals surface area (Å²) in [5.74, 6) is 0.430. The highest BCUT2D eigenvalue weighted by Gasteiger charge is 2.32. The van der Waals surface area contributed by atoms with E-state index in [0.717, 1.165) is 12.8 Å². The summed E-state index contributed by atoms with van der Waals surface area (Å²) in [6.45, 7) is 0. The van der Waals surface area contributed by atoms with Crippen LogP contribution in [-0.4, -0.2) is 31.4 Å². The van der Waals surface area contributed by atoms with Crippen molar-refractivity contribution in [2.45, 2.75) is 24.5 Å². The first kappa shape index (κ1) is 13.0. The Hall–Kier alpha value is -1.42. The van der Waals surface area contributed by atoms with Gasteiger partial charge >= 0.3 is 0 Å². The molecule has 1 atom stereocenters. The molecule has 18 heavy (non-hydrogen) atoms. The Labute approximate surface area is 107 Å². The summed E-state index contributed by atoms with van der Waals surface area (Å²) in [6.07, 6.45) is 3.89. The van der Waals surface area contributed by atoms with E-state index in [-0.39, 0.29) is 10.9 Å². The van der Waals surface area contributed by atoms with E-state index in [4.69, 9.17) is 5.26 Å². The van der Waals surface area contributed by atoms with E-state index in [1.165, 1.54) is 6.20 Å². The zero-order chi connectivity index (χ0) is 13.2. The molecule has 0 saturated carbocycles. The normalized spacial score (nSPS) is 23.3.